The number of halogens is 3. The molecule has 3 aromatic rings. The monoisotopic (exact) mass is 291 g/mol. The van der Waals surface area contributed by atoms with Crippen LogP contribution in [-0.2, 0) is 0 Å². The van der Waals surface area contributed by atoms with Gasteiger partial charge in [-0.2, -0.15) is 0 Å². The highest BCUT2D eigenvalue weighted by molar-refractivity contribution is 6.35. The number of fused-ring (bicyclic) bond motifs is 1. The second-order valence-corrected chi connectivity index (χ2v) is 4.73. The second kappa shape index (κ2) is 4.72. The highest BCUT2D eigenvalue weighted by atomic mass is 35.5. The lowest BCUT2D eigenvalue weighted by molar-refractivity contribution is 0.112. The van der Waals surface area contributed by atoms with Gasteiger partial charge in [-0.05, 0) is 24.3 Å². The van der Waals surface area contributed by atoms with Crippen LogP contribution in [0.2, 0.25) is 5.02 Å². The summed E-state index contributed by atoms with van der Waals surface area (Å²) in [5.41, 5.74) is 1.77. The molecule has 0 aliphatic rings. The predicted octanol–water partition coefficient (Wildman–Crippen LogP) is 4.58. The van der Waals surface area contributed by atoms with Gasteiger partial charge in [-0.15, -0.1) is 0 Å². The van der Waals surface area contributed by atoms with Crippen LogP contribution in [0.5, 0.6) is 0 Å². The third-order valence-corrected chi connectivity index (χ3v) is 3.46. The van der Waals surface area contributed by atoms with Crippen LogP contribution in [0.25, 0.3) is 22.2 Å². The second-order valence-electron chi connectivity index (χ2n) is 4.32. The van der Waals surface area contributed by atoms with Crippen molar-refractivity contribution in [1.29, 1.82) is 0 Å². The maximum atomic E-state index is 13.3. The SMILES string of the molecule is O=Cc1c(-c2ccc(F)c(F)c2)[nH]c2c(Cl)cccc12. The summed E-state index contributed by atoms with van der Waals surface area (Å²) in [6.07, 6.45) is 0.672. The van der Waals surface area contributed by atoms with Crippen LogP contribution in [-0.4, -0.2) is 11.3 Å². The molecule has 1 heterocycles. The van der Waals surface area contributed by atoms with E-state index in [2.05, 4.69) is 4.98 Å². The quantitative estimate of drug-likeness (QED) is 0.689. The van der Waals surface area contributed by atoms with Gasteiger partial charge in [-0.1, -0.05) is 23.7 Å². The number of nitrogens with one attached hydrogen (secondary N) is 1. The van der Waals surface area contributed by atoms with Crippen molar-refractivity contribution in [2.75, 3.05) is 0 Å². The number of aromatic amines is 1. The summed E-state index contributed by atoms with van der Waals surface area (Å²) in [5, 5.41) is 1.10. The number of rotatable bonds is 2. The predicted molar refractivity (Wildman–Crippen MR) is 74.0 cm³/mol. The molecule has 2 aromatic carbocycles. The number of benzene rings is 2. The summed E-state index contributed by atoms with van der Waals surface area (Å²) >= 11 is 6.06. The van der Waals surface area contributed by atoms with Crippen LogP contribution in [0.15, 0.2) is 36.4 Å². The molecule has 0 fully saturated rings. The number of hydrogen-bond donors (Lipinski definition) is 1. The molecule has 0 unspecified atom stereocenters. The Labute approximate surface area is 118 Å². The molecule has 0 aliphatic heterocycles. The first-order chi connectivity index (χ1) is 9.61. The number of para-hydroxylation sites is 1. The van der Waals surface area contributed by atoms with E-state index in [0.717, 1.165) is 12.1 Å². The Morgan fingerprint density at radius 3 is 2.60 bits per heavy atom. The Kier molecular flexibility index (Phi) is 3.03. The van der Waals surface area contributed by atoms with Crippen LogP contribution in [0.4, 0.5) is 8.78 Å². The Morgan fingerprint density at radius 1 is 1.10 bits per heavy atom. The molecule has 0 bridgehead atoms. The zero-order valence-electron chi connectivity index (χ0n) is 10.1. The summed E-state index contributed by atoms with van der Waals surface area (Å²) in [6, 6.07) is 8.62. The molecule has 0 spiro atoms. The molecule has 2 nitrogen and oxygen atoms in total. The first kappa shape index (κ1) is 12.8. The van der Waals surface area contributed by atoms with Crippen molar-refractivity contribution in [2.45, 2.75) is 0 Å². The molecule has 1 N–H and O–H groups in total. The van der Waals surface area contributed by atoms with Crippen LogP contribution in [0.3, 0.4) is 0 Å². The molecular weight excluding hydrogens is 284 g/mol. The van der Waals surface area contributed by atoms with E-state index >= 15 is 0 Å². The Hall–Kier alpha value is -2.20. The topological polar surface area (TPSA) is 32.9 Å². The molecule has 0 radical (unpaired) electrons. The minimum absolute atomic E-state index is 0.369. The number of hydrogen-bond acceptors (Lipinski definition) is 1. The molecule has 100 valence electrons. The van der Waals surface area contributed by atoms with E-state index in [0.29, 0.717) is 39.0 Å². The highest BCUT2D eigenvalue weighted by Gasteiger charge is 2.15. The summed E-state index contributed by atoms with van der Waals surface area (Å²) in [4.78, 5) is 14.3. The van der Waals surface area contributed by atoms with Crippen molar-refractivity contribution in [2.24, 2.45) is 0 Å². The van der Waals surface area contributed by atoms with Gasteiger partial charge in [0.25, 0.3) is 0 Å². The zero-order chi connectivity index (χ0) is 14.3. The smallest absolute Gasteiger partial charge is 0.159 e. The average Bonchev–Trinajstić information content (AvgIpc) is 2.82. The largest absolute Gasteiger partial charge is 0.353 e. The van der Waals surface area contributed by atoms with Gasteiger partial charge in [-0.25, -0.2) is 8.78 Å². The molecule has 0 atom stereocenters. The summed E-state index contributed by atoms with van der Waals surface area (Å²) in [7, 11) is 0. The van der Waals surface area contributed by atoms with E-state index in [4.69, 9.17) is 11.6 Å². The minimum atomic E-state index is -0.968. The first-order valence-corrected chi connectivity index (χ1v) is 6.20. The summed E-state index contributed by atoms with van der Waals surface area (Å²) < 4.78 is 26.3. The maximum Gasteiger partial charge on any atom is 0.159 e. The van der Waals surface area contributed by atoms with E-state index in [1.165, 1.54) is 6.07 Å². The third kappa shape index (κ3) is 1.89. The Balaban J connectivity index is 2.33. The van der Waals surface area contributed by atoms with Gasteiger partial charge in [-0.3, -0.25) is 4.79 Å². The van der Waals surface area contributed by atoms with Crippen molar-refractivity contribution in [3.63, 3.8) is 0 Å². The maximum absolute atomic E-state index is 13.3. The molecule has 3 rings (SSSR count). The summed E-state index contributed by atoms with van der Waals surface area (Å²) in [5.74, 6) is -1.90. The van der Waals surface area contributed by atoms with Crippen LogP contribution in [0, 0.1) is 11.6 Å². The van der Waals surface area contributed by atoms with E-state index in [9.17, 15) is 13.6 Å². The van der Waals surface area contributed by atoms with Gasteiger partial charge in [0.15, 0.2) is 17.9 Å². The molecule has 1 aromatic heterocycles. The van der Waals surface area contributed by atoms with Gasteiger partial charge < -0.3 is 4.98 Å². The first-order valence-electron chi connectivity index (χ1n) is 5.82. The fourth-order valence-electron chi connectivity index (χ4n) is 2.20. The van der Waals surface area contributed by atoms with E-state index in [1.54, 1.807) is 18.2 Å². The van der Waals surface area contributed by atoms with Gasteiger partial charge in [0.2, 0.25) is 0 Å². The Bertz CT molecular complexity index is 826. The lowest BCUT2D eigenvalue weighted by Gasteiger charge is -2.01. The number of aldehydes is 1. The number of aromatic nitrogens is 1. The van der Waals surface area contributed by atoms with E-state index in [-0.39, 0.29) is 0 Å². The molecular formula is C15H8ClF2NO. The standard InChI is InChI=1S/C15H8ClF2NO/c16-11-3-1-2-9-10(7-20)14(19-15(9)11)8-4-5-12(17)13(18)6-8/h1-7,19H. The number of carbonyl (C=O) groups is 1. The highest BCUT2D eigenvalue weighted by Crippen LogP contribution is 2.33. The van der Waals surface area contributed by atoms with Crippen molar-refractivity contribution in [3.05, 3.63) is 58.6 Å². The van der Waals surface area contributed by atoms with Crippen LogP contribution < -0.4 is 0 Å². The average molecular weight is 292 g/mol. The zero-order valence-corrected chi connectivity index (χ0v) is 10.8. The lowest BCUT2D eigenvalue weighted by atomic mass is 10.1. The van der Waals surface area contributed by atoms with Gasteiger partial charge in [0.1, 0.15) is 0 Å². The molecule has 20 heavy (non-hydrogen) atoms. The summed E-state index contributed by atoms with van der Waals surface area (Å²) in [6.45, 7) is 0. The number of carbonyl (C=O) groups excluding carboxylic acids is 1. The molecule has 0 amide bonds. The molecule has 0 saturated carbocycles. The molecule has 5 heteroatoms. The van der Waals surface area contributed by atoms with E-state index in [1.807, 2.05) is 0 Å². The molecule has 0 aliphatic carbocycles. The number of H-pyrrole nitrogens is 1. The molecule has 0 saturated heterocycles. The minimum Gasteiger partial charge on any atom is -0.353 e. The van der Waals surface area contributed by atoms with Crippen molar-refractivity contribution < 1.29 is 13.6 Å². The van der Waals surface area contributed by atoms with Gasteiger partial charge >= 0.3 is 0 Å². The normalized spacial score (nSPS) is 10.9. The van der Waals surface area contributed by atoms with Gasteiger partial charge in [0, 0.05) is 16.5 Å². The lowest BCUT2D eigenvalue weighted by Crippen LogP contribution is -1.88. The third-order valence-electron chi connectivity index (χ3n) is 3.15. The van der Waals surface area contributed by atoms with Gasteiger partial charge in [0.05, 0.1) is 16.2 Å². The van der Waals surface area contributed by atoms with E-state index < -0.39 is 11.6 Å². The van der Waals surface area contributed by atoms with Crippen molar-refractivity contribution in [3.8, 4) is 11.3 Å². The van der Waals surface area contributed by atoms with Crippen LogP contribution >= 0.6 is 11.6 Å². The fourth-order valence-corrected chi connectivity index (χ4v) is 2.43. The Morgan fingerprint density at radius 2 is 1.90 bits per heavy atom. The van der Waals surface area contributed by atoms with Crippen molar-refractivity contribution in [1.82, 2.24) is 4.98 Å². The fraction of sp³-hybridized carbons (Fsp3) is 0. The van der Waals surface area contributed by atoms with Crippen LogP contribution in [0.1, 0.15) is 10.4 Å². The van der Waals surface area contributed by atoms with Crippen molar-refractivity contribution >= 4 is 28.8 Å².